The Hall–Kier alpha value is -2.38. The third-order valence-corrected chi connectivity index (χ3v) is 6.37. The number of carbonyl (C=O) groups excluding carboxylic acids is 1. The van der Waals surface area contributed by atoms with E-state index in [0.29, 0.717) is 17.9 Å². The van der Waals surface area contributed by atoms with E-state index in [-0.39, 0.29) is 17.6 Å². The number of aryl methyl sites for hydroxylation is 1. The number of carbonyl (C=O) groups is 1. The SMILES string of the molecule is Cc1ccc(S(=O)(=O)N(C)c2ccc(C(=O)OC[C@H]3CCCO3)cc2)cc1. The summed E-state index contributed by atoms with van der Waals surface area (Å²) in [5.41, 5.74) is 1.83. The molecule has 1 saturated heterocycles. The van der Waals surface area contributed by atoms with Crippen LogP contribution in [0.4, 0.5) is 5.69 Å². The number of anilines is 1. The molecule has 1 aliphatic rings. The molecule has 7 heteroatoms. The Labute approximate surface area is 159 Å². The van der Waals surface area contributed by atoms with Gasteiger partial charge in [0.1, 0.15) is 6.61 Å². The van der Waals surface area contributed by atoms with Crippen molar-refractivity contribution in [1.82, 2.24) is 0 Å². The number of esters is 1. The number of rotatable bonds is 6. The van der Waals surface area contributed by atoms with Crippen molar-refractivity contribution in [1.29, 1.82) is 0 Å². The molecule has 1 fully saturated rings. The summed E-state index contributed by atoms with van der Waals surface area (Å²) in [6.45, 7) is 2.84. The van der Waals surface area contributed by atoms with Gasteiger partial charge in [-0.2, -0.15) is 0 Å². The second-order valence-electron chi connectivity index (χ2n) is 6.57. The first-order valence-electron chi connectivity index (χ1n) is 8.82. The number of hydrogen-bond acceptors (Lipinski definition) is 5. The number of benzene rings is 2. The molecule has 6 nitrogen and oxygen atoms in total. The average molecular weight is 389 g/mol. The monoisotopic (exact) mass is 389 g/mol. The van der Waals surface area contributed by atoms with Crippen molar-refractivity contribution < 1.29 is 22.7 Å². The topological polar surface area (TPSA) is 72.9 Å². The van der Waals surface area contributed by atoms with Gasteiger partial charge >= 0.3 is 5.97 Å². The zero-order valence-electron chi connectivity index (χ0n) is 15.4. The van der Waals surface area contributed by atoms with Gasteiger partial charge in [0.2, 0.25) is 0 Å². The van der Waals surface area contributed by atoms with Gasteiger partial charge in [-0.3, -0.25) is 4.31 Å². The first-order chi connectivity index (χ1) is 12.9. The van der Waals surface area contributed by atoms with Gasteiger partial charge in [-0.1, -0.05) is 17.7 Å². The third kappa shape index (κ3) is 4.48. The van der Waals surface area contributed by atoms with Crippen LogP contribution in [0, 0.1) is 6.92 Å². The molecule has 0 N–H and O–H groups in total. The number of hydrogen-bond donors (Lipinski definition) is 0. The molecule has 0 spiro atoms. The second kappa shape index (κ2) is 8.10. The van der Waals surface area contributed by atoms with Crippen LogP contribution in [-0.2, 0) is 19.5 Å². The summed E-state index contributed by atoms with van der Waals surface area (Å²) in [6.07, 6.45) is 1.85. The van der Waals surface area contributed by atoms with Gasteiger partial charge in [-0.15, -0.1) is 0 Å². The van der Waals surface area contributed by atoms with Crippen molar-refractivity contribution in [2.24, 2.45) is 0 Å². The van der Waals surface area contributed by atoms with Gasteiger partial charge < -0.3 is 9.47 Å². The van der Waals surface area contributed by atoms with Gasteiger partial charge in [-0.05, 0) is 56.2 Å². The molecule has 0 aromatic heterocycles. The van der Waals surface area contributed by atoms with Gasteiger partial charge in [0.25, 0.3) is 10.0 Å². The molecule has 0 aliphatic carbocycles. The van der Waals surface area contributed by atoms with Crippen LogP contribution in [0.3, 0.4) is 0 Å². The van der Waals surface area contributed by atoms with Crippen LogP contribution in [0.2, 0.25) is 0 Å². The maximum atomic E-state index is 12.7. The fraction of sp³-hybridized carbons (Fsp3) is 0.350. The minimum atomic E-state index is -3.66. The van der Waals surface area contributed by atoms with E-state index in [1.54, 1.807) is 48.5 Å². The lowest BCUT2D eigenvalue weighted by Gasteiger charge is -2.20. The molecule has 1 heterocycles. The number of ether oxygens (including phenoxy) is 2. The number of nitrogens with zero attached hydrogens (tertiary/aromatic N) is 1. The van der Waals surface area contributed by atoms with Crippen molar-refractivity contribution in [3.63, 3.8) is 0 Å². The highest BCUT2D eigenvalue weighted by atomic mass is 32.2. The lowest BCUT2D eigenvalue weighted by atomic mass is 10.2. The number of sulfonamides is 1. The molecule has 2 aromatic carbocycles. The Balaban J connectivity index is 1.68. The summed E-state index contributed by atoms with van der Waals surface area (Å²) in [5.74, 6) is -0.443. The summed E-state index contributed by atoms with van der Waals surface area (Å²) in [5, 5.41) is 0. The van der Waals surface area contributed by atoms with Crippen molar-refractivity contribution in [2.45, 2.75) is 30.8 Å². The third-order valence-electron chi connectivity index (χ3n) is 4.57. The predicted octanol–water partition coefficient (Wildman–Crippen LogP) is 3.16. The van der Waals surface area contributed by atoms with E-state index in [4.69, 9.17) is 9.47 Å². The van der Waals surface area contributed by atoms with Crippen LogP contribution in [0.1, 0.15) is 28.8 Å². The zero-order chi connectivity index (χ0) is 19.4. The van der Waals surface area contributed by atoms with Crippen LogP contribution >= 0.6 is 0 Å². The van der Waals surface area contributed by atoms with Crippen LogP contribution < -0.4 is 4.31 Å². The molecule has 0 radical (unpaired) electrons. The summed E-state index contributed by atoms with van der Waals surface area (Å²) < 4.78 is 37.3. The fourth-order valence-electron chi connectivity index (χ4n) is 2.84. The second-order valence-corrected chi connectivity index (χ2v) is 8.54. The Bertz CT molecular complexity index is 885. The van der Waals surface area contributed by atoms with E-state index >= 15 is 0 Å². The van der Waals surface area contributed by atoms with Crippen molar-refractivity contribution in [3.8, 4) is 0 Å². The Kier molecular flexibility index (Phi) is 5.82. The normalized spacial score (nSPS) is 16.9. The zero-order valence-corrected chi connectivity index (χ0v) is 16.2. The molecule has 2 aromatic rings. The quantitative estimate of drug-likeness (QED) is 0.710. The van der Waals surface area contributed by atoms with E-state index in [1.807, 2.05) is 6.92 Å². The van der Waals surface area contributed by atoms with Crippen LogP contribution in [0.15, 0.2) is 53.4 Å². The highest BCUT2D eigenvalue weighted by Gasteiger charge is 2.22. The van der Waals surface area contributed by atoms with Gasteiger partial charge in [0.05, 0.1) is 22.3 Å². The van der Waals surface area contributed by atoms with Gasteiger partial charge in [0.15, 0.2) is 0 Å². The van der Waals surface area contributed by atoms with E-state index in [9.17, 15) is 13.2 Å². The molecular formula is C20H23NO5S. The molecular weight excluding hydrogens is 366 g/mol. The maximum absolute atomic E-state index is 12.7. The summed E-state index contributed by atoms with van der Waals surface area (Å²) in [6, 6.07) is 13.0. The summed E-state index contributed by atoms with van der Waals surface area (Å²) in [4.78, 5) is 12.3. The lowest BCUT2D eigenvalue weighted by Crippen LogP contribution is -2.26. The van der Waals surface area contributed by atoms with Crippen molar-refractivity contribution in [3.05, 3.63) is 59.7 Å². The Morgan fingerprint density at radius 3 is 2.41 bits per heavy atom. The van der Waals surface area contributed by atoms with Crippen molar-refractivity contribution in [2.75, 3.05) is 24.6 Å². The Morgan fingerprint density at radius 1 is 1.15 bits per heavy atom. The van der Waals surface area contributed by atoms with Crippen LogP contribution in [0.5, 0.6) is 0 Å². The summed E-state index contributed by atoms with van der Waals surface area (Å²) in [7, 11) is -2.18. The van der Waals surface area contributed by atoms with Gasteiger partial charge in [0, 0.05) is 13.7 Å². The average Bonchev–Trinajstić information content (AvgIpc) is 3.19. The maximum Gasteiger partial charge on any atom is 0.338 e. The molecule has 0 amide bonds. The minimum absolute atomic E-state index is 0.0287. The van der Waals surface area contributed by atoms with Crippen molar-refractivity contribution >= 4 is 21.7 Å². The van der Waals surface area contributed by atoms with E-state index in [0.717, 1.165) is 18.4 Å². The molecule has 1 atom stereocenters. The molecule has 27 heavy (non-hydrogen) atoms. The fourth-order valence-corrected chi connectivity index (χ4v) is 4.04. The molecule has 3 rings (SSSR count). The van der Waals surface area contributed by atoms with E-state index in [2.05, 4.69) is 0 Å². The van der Waals surface area contributed by atoms with Crippen LogP contribution in [-0.4, -0.2) is 40.8 Å². The standard InChI is InChI=1S/C20H23NO5S/c1-15-5-11-19(12-6-15)27(23,24)21(2)17-9-7-16(8-10-17)20(22)26-14-18-4-3-13-25-18/h5-12,18H,3-4,13-14H2,1-2H3/t18-/m1/s1. The molecule has 0 bridgehead atoms. The minimum Gasteiger partial charge on any atom is -0.459 e. The first kappa shape index (κ1) is 19.4. The molecule has 1 aliphatic heterocycles. The predicted molar refractivity (Wildman–Crippen MR) is 102 cm³/mol. The van der Waals surface area contributed by atoms with E-state index < -0.39 is 16.0 Å². The molecule has 0 unspecified atom stereocenters. The first-order valence-corrected chi connectivity index (χ1v) is 10.3. The van der Waals surface area contributed by atoms with E-state index in [1.165, 1.54) is 11.4 Å². The highest BCUT2D eigenvalue weighted by molar-refractivity contribution is 7.92. The summed E-state index contributed by atoms with van der Waals surface area (Å²) >= 11 is 0. The van der Waals surface area contributed by atoms with Crippen LogP contribution in [0.25, 0.3) is 0 Å². The lowest BCUT2D eigenvalue weighted by molar-refractivity contribution is 0.0161. The Morgan fingerprint density at radius 2 is 1.81 bits per heavy atom. The largest absolute Gasteiger partial charge is 0.459 e. The smallest absolute Gasteiger partial charge is 0.338 e. The van der Waals surface area contributed by atoms with Gasteiger partial charge in [-0.25, -0.2) is 13.2 Å². The highest BCUT2D eigenvalue weighted by Crippen LogP contribution is 2.23. The molecule has 144 valence electrons. The molecule has 0 saturated carbocycles.